The Balaban J connectivity index is 2.83. The van der Waals surface area contributed by atoms with Gasteiger partial charge in [-0.15, -0.1) is 0 Å². The van der Waals surface area contributed by atoms with Gasteiger partial charge >= 0.3 is 16.4 Å². The van der Waals surface area contributed by atoms with E-state index >= 15 is 0 Å². The van der Waals surface area contributed by atoms with E-state index in [0.717, 1.165) is 0 Å². The number of nitrogens with zero attached hydrogens (tertiary/aromatic N) is 2. The molecule has 0 aliphatic heterocycles. The Morgan fingerprint density at radius 3 is 1.90 bits per heavy atom. The van der Waals surface area contributed by atoms with Gasteiger partial charge in [-0.25, -0.2) is 13.1 Å². The van der Waals surface area contributed by atoms with Crippen molar-refractivity contribution in [2.24, 2.45) is 0 Å². The van der Waals surface area contributed by atoms with E-state index in [0.29, 0.717) is 6.26 Å². The summed E-state index contributed by atoms with van der Waals surface area (Å²) in [5.74, 6) is -1.06. The maximum absolute atomic E-state index is 13.2. The summed E-state index contributed by atoms with van der Waals surface area (Å²) in [4.78, 5) is -2.50. The molecule has 0 saturated heterocycles. The number of nitrogens with two attached hydrogens (primary N) is 1. The first-order valence-electron chi connectivity index (χ1n) is 6.68. The average molecular weight is 515 g/mol. The van der Waals surface area contributed by atoms with Gasteiger partial charge in [0.1, 0.15) is 16.3 Å². The second-order valence-corrected chi connectivity index (χ2v) is 10.6. The van der Waals surface area contributed by atoms with Crippen molar-refractivity contribution < 1.29 is 41.0 Å². The molecule has 2 aromatic rings. The third kappa shape index (κ3) is 5.10. The molecule has 0 fully saturated rings. The molecule has 0 amide bonds. The number of benzene rings is 1. The third-order valence-electron chi connectivity index (χ3n) is 3.12. The maximum atomic E-state index is 13.2. The van der Waals surface area contributed by atoms with Crippen LogP contribution >= 0.6 is 33.4 Å². The molecule has 0 radical (unpaired) electrons. The smallest absolute Gasteiger partial charge is 0.382 e. The summed E-state index contributed by atoms with van der Waals surface area (Å²) >= 11 is 11.1. The molecular weight excluding hydrogens is 507 g/mol. The normalized spacial score (nSPS) is 15.7. The van der Waals surface area contributed by atoms with Crippen LogP contribution in [0.15, 0.2) is 17.0 Å². The molecule has 18 heteroatoms. The van der Waals surface area contributed by atoms with Crippen molar-refractivity contribution in [3.05, 3.63) is 27.9 Å². The predicted molar refractivity (Wildman–Crippen MR) is 92.9 cm³/mol. The Labute approximate surface area is 167 Å². The first-order valence-corrected chi connectivity index (χ1v) is 11.3. The molecule has 1 aromatic carbocycles. The fraction of sp³-hybridized carbons (Fsp3) is 0.182. The standard InChI is InChI=1S/C11H8Cl2F8N4O2S2/c1-28(26,27)24-7-9(11(14,15)16)23-25(10(7)22)8-5(12)2-4(3-6(8)13)29(17,18,19,20)21/h2-3,24H,22H2,1H3. The number of hydrogen-bond acceptors (Lipinski definition) is 4. The van der Waals surface area contributed by atoms with E-state index in [1.165, 1.54) is 4.72 Å². The molecule has 0 spiro atoms. The van der Waals surface area contributed by atoms with Gasteiger partial charge in [-0.3, -0.25) is 4.72 Å². The SMILES string of the molecule is CS(=O)(=O)Nc1c(C(F)(F)F)nn(-c2c(Cl)cc(S(F)(F)(F)(F)F)cc2Cl)c1N. The summed E-state index contributed by atoms with van der Waals surface area (Å²) in [6.45, 7) is 0. The van der Waals surface area contributed by atoms with Crippen LogP contribution in [-0.2, 0) is 16.2 Å². The van der Waals surface area contributed by atoms with Crippen LogP contribution in [-0.4, -0.2) is 24.5 Å². The van der Waals surface area contributed by atoms with E-state index in [4.69, 9.17) is 28.9 Å². The Bertz CT molecular complexity index is 1090. The molecule has 0 aliphatic carbocycles. The number of nitrogens with one attached hydrogen (secondary N) is 1. The average Bonchev–Trinajstić information content (AvgIpc) is 2.71. The van der Waals surface area contributed by atoms with Crippen LogP contribution in [0.4, 0.5) is 44.1 Å². The van der Waals surface area contributed by atoms with Crippen LogP contribution in [0.25, 0.3) is 5.69 Å². The largest absolute Gasteiger partial charge is 0.437 e. The molecule has 3 N–H and O–H groups in total. The van der Waals surface area contributed by atoms with Crippen LogP contribution in [0.2, 0.25) is 10.0 Å². The Kier molecular flexibility index (Phi) is 4.85. The minimum Gasteiger partial charge on any atom is -0.382 e. The number of hydrogen-bond donors (Lipinski definition) is 2. The lowest BCUT2D eigenvalue weighted by molar-refractivity contribution is -0.140. The summed E-state index contributed by atoms with van der Waals surface area (Å²) in [5.41, 5.74) is 1.40. The van der Waals surface area contributed by atoms with E-state index in [-0.39, 0.29) is 16.8 Å². The monoisotopic (exact) mass is 514 g/mol. The summed E-state index contributed by atoms with van der Waals surface area (Å²) < 4.78 is 128. The zero-order chi connectivity index (χ0) is 22.9. The molecule has 2 rings (SSSR count). The molecule has 0 aliphatic rings. The second-order valence-electron chi connectivity index (χ2n) is 5.60. The lowest BCUT2D eigenvalue weighted by Gasteiger charge is -2.40. The number of nitrogen functional groups attached to an aromatic ring is 1. The van der Waals surface area contributed by atoms with Gasteiger partial charge in [0.2, 0.25) is 10.0 Å². The molecule has 166 valence electrons. The fourth-order valence-electron chi connectivity index (χ4n) is 2.05. The van der Waals surface area contributed by atoms with Crippen molar-refractivity contribution in [1.29, 1.82) is 0 Å². The van der Waals surface area contributed by atoms with E-state index in [9.17, 15) is 41.0 Å². The minimum absolute atomic E-state index is 0.0796. The number of halogens is 10. The lowest BCUT2D eigenvalue weighted by atomic mass is 10.3. The molecule has 1 aromatic heterocycles. The number of aromatic nitrogens is 2. The van der Waals surface area contributed by atoms with Crippen LogP contribution in [0.3, 0.4) is 0 Å². The highest BCUT2D eigenvalue weighted by atomic mass is 35.5. The van der Waals surface area contributed by atoms with Crippen LogP contribution in [0.1, 0.15) is 5.69 Å². The molecule has 29 heavy (non-hydrogen) atoms. The second kappa shape index (κ2) is 5.95. The lowest BCUT2D eigenvalue weighted by Crippen LogP contribution is -2.15. The molecular formula is C11H8Cl2F8N4O2S2. The number of sulfonamides is 1. The summed E-state index contributed by atoms with van der Waals surface area (Å²) in [6, 6.07) is -0.523. The summed E-state index contributed by atoms with van der Waals surface area (Å²) in [6.07, 6.45) is -4.78. The van der Waals surface area contributed by atoms with E-state index in [2.05, 4.69) is 5.10 Å². The molecule has 0 saturated carbocycles. The maximum Gasteiger partial charge on any atom is 0.437 e. The highest BCUT2D eigenvalue weighted by Gasteiger charge is 2.65. The van der Waals surface area contributed by atoms with Gasteiger partial charge in [0.05, 0.1) is 16.3 Å². The topological polar surface area (TPSA) is 90.0 Å². The Morgan fingerprint density at radius 2 is 1.55 bits per heavy atom. The Hall–Kier alpha value is -1.65. The van der Waals surface area contributed by atoms with Crippen molar-refractivity contribution in [3.8, 4) is 5.69 Å². The summed E-state index contributed by atoms with van der Waals surface area (Å²) in [5, 5.41) is 0.652. The van der Waals surface area contributed by atoms with Gasteiger partial charge in [-0.05, 0) is 12.1 Å². The fourth-order valence-corrected chi connectivity index (χ4v) is 4.08. The van der Waals surface area contributed by atoms with Crippen LogP contribution < -0.4 is 10.5 Å². The van der Waals surface area contributed by atoms with Gasteiger partial charge in [0.25, 0.3) is 0 Å². The van der Waals surface area contributed by atoms with Crippen LogP contribution in [0, 0.1) is 0 Å². The number of rotatable bonds is 4. The van der Waals surface area contributed by atoms with Gasteiger partial charge in [0.15, 0.2) is 11.5 Å². The number of anilines is 2. The van der Waals surface area contributed by atoms with Gasteiger partial charge in [-0.2, -0.15) is 18.3 Å². The van der Waals surface area contributed by atoms with E-state index < -0.39 is 64.3 Å². The zero-order valence-corrected chi connectivity index (χ0v) is 16.7. The number of alkyl halides is 3. The van der Waals surface area contributed by atoms with Crippen molar-refractivity contribution in [2.45, 2.75) is 11.1 Å². The first kappa shape index (κ1) is 23.6. The summed E-state index contributed by atoms with van der Waals surface area (Å²) in [7, 11) is -14.5. The third-order valence-corrected chi connectivity index (χ3v) is 5.40. The van der Waals surface area contributed by atoms with Gasteiger partial charge in [0, 0.05) is 0 Å². The molecule has 0 bridgehead atoms. The molecule has 6 nitrogen and oxygen atoms in total. The zero-order valence-electron chi connectivity index (χ0n) is 13.5. The van der Waals surface area contributed by atoms with Crippen molar-refractivity contribution >= 4 is 55.0 Å². The van der Waals surface area contributed by atoms with Crippen LogP contribution in [0.5, 0.6) is 0 Å². The minimum atomic E-state index is -10.2. The van der Waals surface area contributed by atoms with E-state index in [1.54, 1.807) is 0 Å². The first-order chi connectivity index (χ1) is 12.5. The highest BCUT2D eigenvalue weighted by Crippen LogP contribution is 3.02. The predicted octanol–water partition coefficient (Wildman–Crippen LogP) is 5.81. The molecule has 0 atom stereocenters. The molecule has 1 heterocycles. The van der Waals surface area contributed by atoms with Crippen molar-refractivity contribution in [1.82, 2.24) is 9.78 Å². The van der Waals surface area contributed by atoms with E-state index in [1.807, 2.05) is 0 Å². The van der Waals surface area contributed by atoms with Gasteiger partial charge < -0.3 is 5.73 Å². The quantitative estimate of drug-likeness (QED) is 0.504. The van der Waals surface area contributed by atoms with Gasteiger partial charge in [-0.1, -0.05) is 42.6 Å². The van der Waals surface area contributed by atoms with Crippen molar-refractivity contribution in [2.75, 3.05) is 16.7 Å². The van der Waals surface area contributed by atoms with Crippen molar-refractivity contribution in [3.63, 3.8) is 0 Å². The Morgan fingerprint density at radius 1 is 1.10 bits per heavy atom. The highest BCUT2D eigenvalue weighted by molar-refractivity contribution is 8.45. The molecule has 0 unspecified atom stereocenters.